The Hall–Kier alpha value is -0.890. The standard InChI is InChI=1S/C10H10OS/c1-11-9-6-2-4-8-5-3-7-12-10(8)9/h2-6H,7H2,1H3. The van der Waals surface area contributed by atoms with E-state index in [1.807, 2.05) is 23.9 Å². The summed E-state index contributed by atoms with van der Waals surface area (Å²) < 4.78 is 5.26. The zero-order chi connectivity index (χ0) is 8.39. The molecular formula is C10H10OS. The Kier molecular flexibility index (Phi) is 2.09. The number of rotatable bonds is 1. The quantitative estimate of drug-likeness (QED) is 0.654. The molecule has 0 spiro atoms. The molecule has 0 atom stereocenters. The molecular weight excluding hydrogens is 168 g/mol. The highest BCUT2D eigenvalue weighted by atomic mass is 32.2. The van der Waals surface area contributed by atoms with Gasteiger partial charge in [-0.05, 0) is 11.6 Å². The molecule has 12 heavy (non-hydrogen) atoms. The fraction of sp³-hybridized carbons (Fsp3) is 0.200. The van der Waals surface area contributed by atoms with E-state index in [2.05, 4.69) is 18.2 Å². The summed E-state index contributed by atoms with van der Waals surface area (Å²) in [5.41, 5.74) is 1.27. The monoisotopic (exact) mass is 178 g/mol. The molecule has 0 N–H and O–H groups in total. The maximum atomic E-state index is 5.26. The van der Waals surface area contributed by atoms with Crippen LogP contribution in [0, 0.1) is 0 Å². The van der Waals surface area contributed by atoms with Crippen molar-refractivity contribution in [2.75, 3.05) is 12.9 Å². The third-order valence-electron chi connectivity index (χ3n) is 1.85. The second kappa shape index (κ2) is 3.23. The molecule has 2 heteroatoms. The SMILES string of the molecule is COc1cccc2c1SCC=C2. The first kappa shape index (κ1) is 7.74. The van der Waals surface area contributed by atoms with Gasteiger partial charge in [0.2, 0.25) is 0 Å². The zero-order valence-corrected chi connectivity index (χ0v) is 7.73. The van der Waals surface area contributed by atoms with Crippen LogP contribution >= 0.6 is 11.8 Å². The Morgan fingerprint density at radius 2 is 2.33 bits per heavy atom. The van der Waals surface area contributed by atoms with E-state index < -0.39 is 0 Å². The molecule has 0 saturated heterocycles. The second-order valence-electron chi connectivity index (χ2n) is 2.59. The van der Waals surface area contributed by atoms with Crippen LogP contribution in [0.3, 0.4) is 0 Å². The summed E-state index contributed by atoms with van der Waals surface area (Å²) in [5, 5.41) is 0. The summed E-state index contributed by atoms with van der Waals surface area (Å²) in [6.45, 7) is 0. The van der Waals surface area contributed by atoms with Crippen molar-refractivity contribution in [3.63, 3.8) is 0 Å². The lowest BCUT2D eigenvalue weighted by atomic mass is 10.2. The van der Waals surface area contributed by atoms with Gasteiger partial charge in [0.25, 0.3) is 0 Å². The van der Waals surface area contributed by atoms with E-state index in [0.29, 0.717) is 0 Å². The molecule has 1 aromatic rings. The predicted molar refractivity (Wildman–Crippen MR) is 52.8 cm³/mol. The van der Waals surface area contributed by atoms with Gasteiger partial charge in [0, 0.05) is 5.75 Å². The number of benzene rings is 1. The van der Waals surface area contributed by atoms with Gasteiger partial charge in [0.15, 0.2) is 0 Å². The Morgan fingerprint density at radius 3 is 3.17 bits per heavy atom. The average Bonchev–Trinajstić information content (AvgIpc) is 2.17. The van der Waals surface area contributed by atoms with Crippen molar-refractivity contribution in [3.8, 4) is 5.75 Å². The van der Waals surface area contributed by atoms with Gasteiger partial charge in [-0.2, -0.15) is 0 Å². The van der Waals surface area contributed by atoms with E-state index in [9.17, 15) is 0 Å². The fourth-order valence-electron chi connectivity index (χ4n) is 1.29. The van der Waals surface area contributed by atoms with Crippen molar-refractivity contribution in [3.05, 3.63) is 29.8 Å². The molecule has 1 heterocycles. The minimum Gasteiger partial charge on any atom is -0.496 e. The number of methoxy groups -OCH3 is 1. The normalized spacial score (nSPS) is 14.1. The van der Waals surface area contributed by atoms with Crippen LogP contribution in [0.2, 0.25) is 0 Å². The van der Waals surface area contributed by atoms with E-state index in [-0.39, 0.29) is 0 Å². The lowest BCUT2D eigenvalue weighted by Gasteiger charge is -2.13. The minimum absolute atomic E-state index is 0.988. The number of hydrogen-bond donors (Lipinski definition) is 0. The number of fused-ring (bicyclic) bond motifs is 1. The van der Waals surface area contributed by atoms with Crippen molar-refractivity contribution >= 4 is 17.8 Å². The Morgan fingerprint density at radius 1 is 1.42 bits per heavy atom. The molecule has 1 nitrogen and oxygen atoms in total. The van der Waals surface area contributed by atoms with Crippen LogP contribution in [-0.2, 0) is 0 Å². The summed E-state index contributed by atoms with van der Waals surface area (Å²) in [5.74, 6) is 2.04. The van der Waals surface area contributed by atoms with Crippen molar-refractivity contribution in [1.82, 2.24) is 0 Å². The number of thioether (sulfide) groups is 1. The number of hydrogen-bond acceptors (Lipinski definition) is 2. The van der Waals surface area contributed by atoms with Crippen LogP contribution in [0.1, 0.15) is 5.56 Å². The summed E-state index contributed by atoms with van der Waals surface area (Å²) >= 11 is 1.83. The minimum atomic E-state index is 0.988. The van der Waals surface area contributed by atoms with Crippen molar-refractivity contribution in [2.45, 2.75) is 4.90 Å². The summed E-state index contributed by atoms with van der Waals surface area (Å²) in [7, 11) is 1.72. The molecule has 1 aliphatic heterocycles. The molecule has 0 aromatic heterocycles. The Labute approximate surface area is 76.4 Å². The highest BCUT2D eigenvalue weighted by Crippen LogP contribution is 2.35. The van der Waals surface area contributed by atoms with Crippen LogP contribution in [0.5, 0.6) is 5.75 Å². The van der Waals surface area contributed by atoms with Crippen LogP contribution in [0.25, 0.3) is 6.08 Å². The first-order valence-corrected chi connectivity index (χ1v) is 4.87. The largest absolute Gasteiger partial charge is 0.496 e. The molecule has 0 fully saturated rings. The summed E-state index contributed by atoms with van der Waals surface area (Å²) in [6.07, 6.45) is 4.32. The predicted octanol–water partition coefficient (Wildman–Crippen LogP) is 2.81. The van der Waals surface area contributed by atoms with E-state index >= 15 is 0 Å². The first-order valence-electron chi connectivity index (χ1n) is 3.88. The molecule has 2 rings (SSSR count). The van der Waals surface area contributed by atoms with Gasteiger partial charge >= 0.3 is 0 Å². The summed E-state index contributed by atoms with van der Waals surface area (Å²) in [4.78, 5) is 1.27. The summed E-state index contributed by atoms with van der Waals surface area (Å²) in [6, 6.07) is 6.14. The smallest absolute Gasteiger partial charge is 0.133 e. The van der Waals surface area contributed by atoms with E-state index in [1.165, 1.54) is 10.5 Å². The molecule has 0 amide bonds. The van der Waals surface area contributed by atoms with Crippen LogP contribution in [0.15, 0.2) is 29.2 Å². The van der Waals surface area contributed by atoms with Gasteiger partial charge in [0.1, 0.15) is 5.75 Å². The number of ether oxygens (including phenoxy) is 1. The van der Waals surface area contributed by atoms with Crippen molar-refractivity contribution in [1.29, 1.82) is 0 Å². The highest BCUT2D eigenvalue weighted by Gasteiger charge is 2.09. The maximum absolute atomic E-state index is 5.26. The van der Waals surface area contributed by atoms with Crippen LogP contribution in [-0.4, -0.2) is 12.9 Å². The van der Waals surface area contributed by atoms with Gasteiger partial charge in [-0.3, -0.25) is 0 Å². The molecule has 0 aliphatic carbocycles. The third kappa shape index (κ3) is 1.23. The zero-order valence-electron chi connectivity index (χ0n) is 6.91. The molecule has 62 valence electrons. The first-order chi connectivity index (χ1) is 5.92. The van der Waals surface area contributed by atoms with E-state index in [1.54, 1.807) is 7.11 Å². The van der Waals surface area contributed by atoms with E-state index in [4.69, 9.17) is 4.74 Å². The van der Waals surface area contributed by atoms with Crippen LogP contribution < -0.4 is 4.74 Å². The van der Waals surface area contributed by atoms with Gasteiger partial charge in [-0.25, -0.2) is 0 Å². The van der Waals surface area contributed by atoms with Crippen molar-refractivity contribution < 1.29 is 4.74 Å². The molecule has 0 radical (unpaired) electrons. The van der Waals surface area contributed by atoms with Gasteiger partial charge in [0.05, 0.1) is 12.0 Å². The van der Waals surface area contributed by atoms with Gasteiger partial charge in [-0.15, -0.1) is 11.8 Å². The third-order valence-corrected chi connectivity index (χ3v) is 2.94. The topological polar surface area (TPSA) is 9.23 Å². The van der Waals surface area contributed by atoms with Crippen molar-refractivity contribution in [2.24, 2.45) is 0 Å². The molecule has 1 aromatic carbocycles. The lowest BCUT2D eigenvalue weighted by molar-refractivity contribution is 0.404. The van der Waals surface area contributed by atoms with Gasteiger partial charge in [-0.1, -0.05) is 24.3 Å². The molecule has 0 bridgehead atoms. The molecule has 0 saturated carbocycles. The molecule has 0 unspecified atom stereocenters. The van der Waals surface area contributed by atoms with Crippen LogP contribution in [0.4, 0.5) is 0 Å². The maximum Gasteiger partial charge on any atom is 0.133 e. The van der Waals surface area contributed by atoms with E-state index in [0.717, 1.165) is 11.5 Å². The molecule has 1 aliphatic rings. The fourth-order valence-corrected chi connectivity index (χ4v) is 2.24. The van der Waals surface area contributed by atoms with Gasteiger partial charge < -0.3 is 4.74 Å². The Balaban J connectivity index is 2.53. The second-order valence-corrected chi connectivity index (χ2v) is 3.62. The Bertz CT molecular complexity index is 318. The average molecular weight is 178 g/mol. The highest BCUT2D eigenvalue weighted by molar-refractivity contribution is 7.99. The lowest BCUT2D eigenvalue weighted by Crippen LogP contribution is -1.92.